The minimum absolute atomic E-state index is 0.00252. The van der Waals surface area contributed by atoms with Crippen LogP contribution in [0.2, 0.25) is 0 Å². The third-order valence-corrected chi connectivity index (χ3v) is 6.56. The number of nitrogens with zero attached hydrogens (tertiary/aromatic N) is 2. The number of aryl methyl sites for hydroxylation is 3. The van der Waals surface area contributed by atoms with Gasteiger partial charge in [0.1, 0.15) is 0 Å². The fraction of sp³-hybridized carbons (Fsp3) is 0.207. The number of hydrogen-bond acceptors (Lipinski definition) is 3. The van der Waals surface area contributed by atoms with E-state index in [-0.39, 0.29) is 11.6 Å². The number of benzene rings is 2. The lowest BCUT2D eigenvalue weighted by Crippen LogP contribution is -2.35. The molecule has 4 heteroatoms. The molecule has 0 aliphatic heterocycles. The summed E-state index contributed by atoms with van der Waals surface area (Å²) in [5, 5.41) is 0. The minimum atomic E-state index is -0.493. The van der Waals surface area contributed by atoms with Crippen LogP contribution in [0.25, 0.3) is 5.69 Å². The molecule has 0 radical (unpaired) electrons. The monoisotopic (exact) mass is 434 g/mol. The third-order valence-electron chi connectivity index (χ3n) is 6.56. The second kappa shape index (κ2) is 7.96. The fourth-order valence-electron chi connectivity index (χ4n) is 5.05. The Morgan fingerprint density at radius 1 is 0.848 bits per heavy atom. The quantitative estimate of drug-likeness (QED) is 0.482. The maximum Gasteiger partial charge on any atom is 0.171 e. The zero-order chi connectivity index (χ0) is 23.3. The van der Waals surface area contributed by atoms with E-state index in [2.05, 4.69) is 61.5 Å². The molecular formula is C29H26N2O2. The molecule has 2 aliphatic rings. The molecule has 0 amide bonds. The number of carbonyl (C=O) groups is 2. The molecule has 2 aromatic carbocycles. The molecule has 33 heavy (non-hydrogen) atoms. The molecule has 0 bridgehead atoms. The average Bonchev–Trinajstić information content (AvgIpc) is 3.08. The molecule has 1 aromatic heterocycles. The van der Waals surface area contributed by atoms with E-state index in [0.29, 0.717) is 16.8 Å². The zero-order valence-electron chi connectivity index (χ0n) is 19.3. The topological polar surface area (TPSA) is 51.4 Å². The lowest BCUT2D eigenvalue weighted by Gasteiger charge is -2.28. The summed E-state index contributed by atoms with van der Waals surface area (Å²) in [5.74, 6) is -0.948. The van der Waals surface area contributed by atoms with Gasteiger partial charge in [0.2, 0.25) is 0 Å². The van der Waals surface area contributed by atoms with Gasteiger partial charge >= 0.3 is 0 Å². The summed E-state index contributed by atoms with van der Waals surface area (Å²) in [7, 11) is 0. The number of hydrogen-bond donors (Lipinski definition) is 0. The molecule has 0 fully saturated rings. The Labute approximate surface area is 194 Å². The van der Waals surface area contributed by atoms with E-state index in [0.717, 1.165) is 22.6 Å². The predicted molar refractivity (Wildman–Crippen MR) is 132 cm³/mol. The van der Waals surface area contributed by atoms with Crippen molar-refractivity contribution in [1.29, 1.82) is 0 Å². The number of carbonyl (C=O) groups excluding carboxylic acids is 2. The summed E-state index contributed by atoms with van der Waals surface area (Å²) in [4.78, 5) is 30.6. The van der Waals surface area contributed by atoms with Gasteiger partial charge in [-0.15, -0.1) is 0 Å². The molecule has 1 heterocycles. The van der Waals surface area contributed by atoms with Gasteiger partial charge in [-0.3, -0.25) is 14.6 Å². The maximum absolute atomic E-state index is 13.0. The number of ketones is 2. The number of aliphatic imine (C=N–C) groups is 1. The van der Waals surface area contributed by atoms with Crippen molar-refractivity contribution in [2.75, 3.05) is 0 Å². The normalized spacial score (nSPS) is 19.6. The Bertz CT molecular complexity index is 1380. The Morgan fingerprint density at radius 2 is 1.48 bits per heavy atom. The SMILES string of the molecule is Cc1cc(C)cc(-n2c(C)cc(C=NC3=C[C@H]4C(=O)c5ccccc5C(=O)[C@@H]4C=C3)c2C)c1. The van der Waals surface area contributed by atoms with Gasteiger partial charge < -0.3 is 4.57 Å². The highest BCUT2D eigenvalue weighted by molar-refractivity contribution is 6.17. The molecule has 0 unspecified atom stereocenters. The molecule has 0 N–H and O–H groups in total. The molecule has 3 aromatic rings. The number of fused-ring (bicyclic) bond motifs is 2. The third kappa shape index (κ3) is 3.62. The Hall–Kier alpha value is -3.79. The number of aromatic nitrogens is 1. The van der Waals surface area contributed by atoms with Crippen LogP contribution in [0.4, 0.5) is 0 Å². The van der Waals surface area contributed by atoms with Gasteiger partial charge in [-0.2, -0.15) is 0 Å². The van der Waals surface area contributed by atoms with Gasteiger partial charge in [-0.1, -0.05) is 36.4 Å². The van der Waals surface area contributed by atoms with E-state index in [1.54, 1.807) is 24.3 Å². The highest BCUT2D eigenvalue weighted by Crippen LogP contribution is 2.35. The fourth-order valence-corrected chi connectivity index (χ4v) is 5.05. The van der Waals surface area contributed by atoms with Crippen LogP contribution < -0.4 is 0 Å². The molecule has 4 nitrogen and oxygen atoms in total. The summed E-state index contributed by atoms with van der Waals surface area (Å²) < 4.78 is 2.24. The summed E-state index contributed by atoms with van der Waals surface area (Å²) >= 11 is 0. The number of allylic oxidation sites excluding steroid dienone is 3. The standard InChI is InChI=1S/C29H26N2O2/c1-17-11-18(2)13-23(12-17)31-19(3)14-21(20(31)4)16-30-22-9-10-26-27(15-22)29(33)25-8-6-5-7-24(25)28(26)32/h5-16,26-27H,1-4H3/t26-,27-/m1/s1. The second-order valence-corrected chi connectivity index (χ2v) is 9.04. The predicted octanol–water partition coefficient (Wildman–Crippen LogP) is 5.90. The summed E-state index contributed by atoms with van der Waals surface area (Å²) in [6.07, 6.45) is 7.35. The van der Waals surface area contributed by atoms with Crippen molar-refractivity contribution in [2.24, 2.45) is 16.8 Å². The average molecular weight is 435 g/mol. The number of Topliss-reactive ketones (excluding diaryl/α,β-unsaturated/α-hetero) is 2. The van der Waals surface area contributed by atoms with E-state index in [1.165, 1.54) is 11.1 Å². The van der Waals surface area contributed by atoms with E-state index in [9.17, 15) is 9.59 Å². The molecule has 5 rings (SSSR count). The molecular weight excluding hydrogens is 408 g/mol. The first kappa shape index (κ1) is 21.1. The summed E-state index contributed by atoms with van der Waals surface area (Å²) in [5.41, 5.74) is 8.61. The van der Waals surface area contributed by atoms with Gasteiger partial charge in [0.05, 0.1) is 17.5 Å². The van der Waals surface area contributed by atoms with E-state index in [1.807, 2.05) is 24.4 Å². The van der Waals surface area contributed by atoms with E-state index >= 15 is 0 Å². The molecule has 2 atom stereocenters. The van der Waals surface area contributed by atoms with Crippen molar-refractivity contribution in [3.63, 3.8) is 0 Å². The Balaban J connectivity index is 1.46. The molecule has 0 saturated carbocycles. The summed E-state index contributed by atoms with van der Waals surface area (Å²) in [6, 6.07) is 15.7. The van der Waals surface area contributed by atoms with Gasteiger partial charge in [-0.05, 0) is 69.2 Å². The first-order valence-corrected chi connectivity index (χ1v) is 11.2. The van der Waals surface area contributed by atoms with Gasteiger partial charge in [-0.25, -0.2) is 0 Å². The zero-order valence-corrected chi connectivity index (χ0v) is 19.3. The smallest absolute Gasteiger partial charge is 0.171 e. The van der Waals surface area contributed by atoms with Crippen molar-refractivity contribution < 1.29 is 9.59 Å². The first-order valence-electron chi connectivity index (χ1n) is 11.2. The Morgan fingerprint density at radius 3 is 2.15 bits per heavy atom. The minimum Gasteiger partial charge on any atom is -0.318 e. The van der Waals surface area contributed by atoms with Crippen LogP contribution in [-0.4, -0.2) is 22.3 Å². The van der Waals surface area contributed by atoms with Crippen LogP contribution in [0, 0.1) is 39.5 Å². The molecule has 0 saturated heterocycles. The van der Waals surface area contributed by atoms with Gasteiger partial charge in [0.25, 0.3) is 0 Å². The maximum atomic E-state index is 13.0. The van der Waals surface area contributed by atoms with Crippen LogP contribution >= 0.6 is 0 Å². The van der Waals surface area contributed by atoms with Crippen molar-refractivity contribution >= 4 is 17.8 Å². The molecule has 0 spiro atoms. The van der Waals surface area contributed by atoms with Gasteiger partial charge in [0.15, 0.2) is 11.6 Å². The highest BCUT2D eigenvalue weighted by atomic mass is 16.1. The van der Waals surface area contributed by atoms with Crippen LogP contribution in [0.3, 0.4) is 0 Å². The second-order valence-electron chi connectivity index (χ2n) is 9.04. The van der Waals surface area contributed by atoms with E-state index < -0.39 is 11.8 Å². The largest absolute Gasteiger partial charge is 0.318 e. The Kier molecular flexibility index (Phi) is 5.09. The summed E-state index contributed by atoms with van der Waals surface area (Å²) in [6.45, 7) is 8.40. The molecule has 164 valence electrons. The van der Waals surface area contributed by atoms with Crippen LogP contribution in [0.15, 0.2) is 77.4 Å². The van der Waals surface area contributed by atoms with Gasteiger partial charge in [0, 0.05) is 40.0 Å². The van der Waals surface area contributed by atoms with Crippen molar-refractivity contribution in [1.82, 2.24) is 4.57 Å². The van der Waals surface area contributed by atoms with Crippen molar-refractivity contribution in [2.45, 2.75) is 27.7 Å². The highest BCUT2D eigenvalue weighted by Gasteiger charge is 2.40. The lowest BCUT2D eigenvalue weighted by molar-refractivity contribution is 0.0801. The van der Waals surface area contributed by atoms with Crippen LogP contribution in [0.1, 0.15) is 48.8 Å². The van der Waals surface area contributed by atoms with Crippen LogP contribution in [0.5, 0.6) is 0 Å². The first-order chi connectivity index (χ1) is 15.8. The van der Waals surface area contributed by atoms with Crippen molar-refractivity contribution in [3.05, 3.63) is 112 Å². The lowest BCUT2D eigenvalue weighted by atomic mass is 9.72. The van der Waals surface area contributed by atoms with Crippen molar-refractivity contribution in [3.8, 4) is 5.69 Å². The number of rotatable bonds is 3. The van der Waals surface area contributed by atoms with E-state index in [4.69, 9.17) is 0 Å². The van der Waals surface area contributed by atoms with Crippen LogP contribution in [-0.2, 0) is 0 Å². The molecule has 2 aliphatic carbocycles.